The van der Waals surface area contributed by atoms with E-state index in [0.717, 1.165) is 42.2 Å². The Morgan fingerprint density at radius 3 is 3.08 bits per heavy atom. The summed E-state index contributed by atoms with van der Waals surface area (Å²) in [7, 11) is 2.05. The van der Waals surface area contributed by atoms with Crippen LogP contribution in [-0.4, -0.2) is 37.2 Å². The van der Waals surface area contributed by atoms with E-state index in [-0.39, 0.29) is 6.04 Å². The molecular weight excluding hydrogens is 330 g/mol. The predicted molar refractivity (Wildman–Crippen MR) is 95.1 cm³/mol. The molecule has 4 rings (SSSR count). The second-order valence-electron chi connectivity index (χ2n) is 6.82. The lowest BCUT2D eigenvalue weighted by atomic mass is 10.0. The van der Waals surface area contributed by atoms with Crippen molar-refractivity contribution in [2.75, 3.05) is 6.61 Å². The van der Waals surface area contributed by atoms with E-state index in [0.29, 0.717) is 13.2 Å². The summed E-state index contributed by atoms with van der Waals surface area (Å²) < 4.78 is 13.3. The van der Waals surface area contributed by atoms with Crippen LogP contribution in [0.15, 0.2) is 41.4 Å². The third-order valence-corrected chi connectivity index (χ3v) is 4.79. The predicted octanol–water partition coefficient (Wildman–Crippen LogP) is 2.26. The summed E-state index contributed by atoms with van der Waals surface area (Å²) in [6.07, 6.45) is 6.42. The molecule has 4 heterocycles. The van der Waals surface area contributed by atoms with Crippen molar-refractivity contribution in [1.29, 1.82) is 0 Å². The summed E-state index contributed by atoms with van der Waals surface area (Å²) in [5.41, 5.74) is 4.45. The van der Waals surface area contributed by atoms with Crippen LogP contribution in [0.2, 0.25) is 0 Å². The summed E-state index contributed by atoms with van der Waals surface area (Å²) in [4.78, 5) is 11.1. The van der Waals surface area contributed by atoms with Crippen LogP contribution in [0.5, 0.6) is 0 Å². The number of imidazole rings is 1. The van der Waals surface area contributed by atoms with Crippen molar-refractivity contribution in [3.63, 3.8) is 0 Å². The van der Waals surface area contributed by atoms with Crippen molar-refractivity contribution < 1.29 is 9.26 Å². The van der Waals surface area contributed by atoms with Gasteiger partial charge >= 0.3 is 0 Å². The van der Waals surface area contributed by atoms with Crippen LogP contribution in [-0.2, 0) is 37.9 Å². The van der Waals surface area contributed by atoms with E-state index in [4.69, 9.17) is 9.26 Å². The molecule has 1 atom stereocenters. The molecule has 0 saturated carbocycles. The minimum Gasteiger partial charge on any atom is -0.375 e. The second-order valence-corrected chi connectivity index (χ2v) is 6.82. The Kier molecular flexibility index (Phi) is 4.81. The molecule has 0 aromatic carbocycles. The quantitative estimate of drug-likeness (QED) is 0.677. The molecule has 0 saturated heterocycles. The van der Waals surface area contributed by atoms with Crippen LogP contribution >= 0.6 is 0 Å². The van der Waals surface area contributed by atoms with Gasteiger partial charge in [0, 0.05) is 56.8 Å². The Hall–Kier alpha value is -2.51. The maximum atomic E-state index is 6.01. The fraction of sp³-hybridized carbons (Fsp3) is 0.421. The molecule has 0 bridgehead atoms. The average Bonchev–Trinajstić information content (AvgIpc) is 3.22. The van der Waals surface area contributed by atoms with Crippen molar-refractivity contribution in [3.8, 4) is 0 Å². The van der Waals surface area contributed by atoms with Gasteiger partial charge in [-0.05, 0) is 18.6 Å². The van der Waals surface area contributed by atoms with E-state index in [9.17, 15) is 0 Å². The summed E-state index contributed by atoms with van der Waals surface area (Å²) in [6, 6.07) is 6.22. The van der Waals surface area contributed by atoms with Crippen molar-refractivity contribution in [2.45, 2.75) is 39.1 Å². The summed E-state index contributed by atoms with van der Waals surface area (Å²) >= 11 is 0. The average molecular weight is 353 g/mol. The molecule has 26 heavy (non-hydrogen) atoms. The largest absolute Gasteiger partial charge is 0.375 e. The lowest BCUT2D eigenvalue weighted by Crippen LogP contribution is -2.43. The first kappa shape index (κ1) is 16.9. The number of rotatable bonds is 6. The number of hydrogen-bond donors (Lipinski definition) is 0. The zero-order chi connectivity index (χ0) is 17.9. The van der Waals surface area contributed by atoms with Gasteiger partial charge in [0.2, 0.25) is 0 Å². The molecule has 0 N–H and O–H groups in total. The van der Waals surface area contributed by atoms with Gasteiger partial charge in [-0.2, -0.15) is 0 Å². The number of aromatic nitrogens is 4. The molecule has 3 aromatic rings. The number of aryl methyl sites for hydroxylation is 2. The van der Waals surface area contributed by atoms with Crippen molar-refractivity contribution in [2.24, 2.45) is 7.05 Å². The molecule has 0 aliphatic carbocycles. The Labute approximate surface area is 152 Å². The molecule has 7 nitrogen and oxygen atoms in total. The zero-order valence-electron chi connectivity index (χ0n) is 15.1. The van der Waals surface area contributed by atoms with Gasteiger partial charge in [-0.1, -0.05) is 11.2 Å². The van der Waals surface area contributed by atoms with Crippen LogP contribution in [0.1, 0.15) is 28.4 Å². The van der Waals surface area contributed by atoms with Crippen molar-refractivity contribution >= 4 is 0 Å². The number of hydrogen-bond acceptors (Lipinski definition) is 6. The Bertz CT molecular complexity index is 858. The summed E-state index contributed by atoms with van der Waals surface area (Å²) in [5, 5.41) is 4.14. The summed E-state index contributed by atoms with van der Waals surface area (Å²) in [6.45, 7) is 4.66. The first-order chi connectivity index (χ1) is 12.7. The second kappa shape index (κ2) is 7.39. The molecule has 0 spiro atoms. The number of pyridine rings is 1. The molecule has 0 unspecified atom stereocenters. The van der Waals surface area contributed by atoms with Gasteiger partial charge in [0.05, 0.1) is 30.9 Å². The molecule has 136 valence electrons. The van der Waals surface area contributed by atoms with Crippen LogP contribution in [0.25, 0.3) is 0 Å². The molecule has 7 heteroatoms. The number of nitrogens with zero attached hydrogens (tertiary/aromatic N) is 5. The van der Waals surface area contributed by atoms with E-state index in [1.165, 1.54) is 5.69 Å². The molecule has 0 fully saturated rings. The van der Waals surface area contributed by atoms with E-state index in [1.54, 1.807) is 6.20 Å². The molecule has 3 aromatic heterocycles. The monoisotopic (exact) mass is 353 g/mol. The smallest absolute Gasteiger partial charge is 0.133 e. The van der Waals surface area contributed by atoms with Gasteiger partial charge < -0.3 is 13.8 Å². The highest BCUT2D eigenvalue weighted by Gasteiger charge is 2.29. The highest BCUT2D eigenvalue weighted by atomic mass is 16.5. The maximum absolute atomic E-state index is 6.01. The SMILES string of the molecule is Cc1cc(CN2Cc3ncn(C)c3C[C@H]2COCc2cccnc2)no1. The van der Waals surface area contributed by atoms with Crippen LogP contribution in [0, 0.1) is 6.92 Å². The van der Waals surface area contributed by atoms with Crippen molar-refractivity contribution in [1.82, 2.24) is 24.6 Å². The van der Waals surface area contributed by atoms with E-state index in [1.807, 2.05) is 37.6 Å². The molecule has 0 radical (unpaired) electrons. The van der Waals surface area contributed by atoms with Crippen LogP contribution in [0.3, 0.4) is 0 Å². The zero-order valence-corrected chi connectivity index (χ0v) is 15.1. The standard InChI is InChI=1S/C19H23N5O2/c1-14-6-16(22-26-14)9-24-10-18-19(23(2)13-21-18)7-17(24)12-25-11-15-4-3-5-20-8-15/h3-6,8,13,17H,7,9-12H2,1-2H3/t17-/m0/s1. The van der Waals surface area contributed by atoms with Gasteiger partial charge in [0.15, 0.2) is 0 Å². The fourth-order valence-corrected chi connectivity index (χ4v) is 3.42. The lowest BCUT2D eigenvalue weighted by molar-refractivity contribution is 0.0350. The lowest BCUT2D eigenvalue weighted by Gasteiger charge is -2.34. The third kappa shape index (κ3) is 3.68. The van der Waals surface area contributed by atoms with Gasteiger partial charge in [-0.3, -0.25) is 9.88 Å². The van der Waals surface area contributed by atoms with Gasteiger partial charge in [0.25, 0.3) is 0 Å². The minimum atomic E-state index is 0.270. The Morgan fingerprint density at radius 1 is 1.38 bits per heavy atom. The van der Waals surface area contributed by atoms with Crippen LogP contribution in [0.4, 0.5) is 0 Å². The molecular formula is C19H23N5O2. The van der Waals surface area contributed by atoms with E-state index in [2.05, 4.69) is 31.6 Å². The first-order valence-corrected chi connectivity index (χ1v) is 8.81. The van der Waals surface area contributed by atoms with Crippen LogP contribution < -0.4 is 0 Å². The fourth-order valence-electron chi connectivity index (χ4n) is 3.42. The highest BCUT2D eigenvalue weighted by molar-refractivity contribution is 5.19. The topological polar surface area (TPSA) is 69.2 Å². The van der Waals surface area contributed by atoms with Gasteiger partial charge in [0.1, 0.15) is 5.76 Å². The Morgan fingerprint density at radius 2 is 2.31 bits per heavy atom. The normalized spacial score (nSPS) is 17.4. The number of fused-ring (bicyclic) bond motifs is 1. The van der Waals surface area contributed by atoms with Crippen molar-refractivity contribution in [3.05, 3.63) is 65.3 Å². The highest BCUT2D eigenvalue weighted by Crippen LogP contribution is 2.24. The Balaban J connectivity index is 1.46. The van der Waals surface area contributed by atoms with E-state index >= 15 is 0 Å². The molecule has 0 amide bonds. The maximum Gasteiger partial charge on any atom is 0.133 e. The molecule has 1 aliphatic rings. The van der Waals surface area contributed by atoms with E-state index < -0.39 is 0 Å². The van der Waals surface area contributed by atoms with Gasteiger partial charge in [-0.15, -0.1) is 0 Å². The minimum absolute atomic E-state index is 0.270. The molecule has 1 aliphatic heterocycles. The summed E-state index contributed by atoms with van der Waals surface area (Å²) in [5.74, 6) is 0.833. The number of ether oxygens (including phenoxy) is 1. The first-order valence-electron chi connectivity index (χ1n) is 8.81. The third-order valence-electron chi connectivity index (χ3n) is 4.79. The van der Waals surface area contributed by atoms with Gasteiger partial charge in [-0.25, -0.2) is 4.98 Å².